The van der Waals surface area contributed by atoms with Crippen LogP contribution in [0.2, 0.25) is 0 Å². The Morgan fingerprint density at radius 1 is 0.622 bits per heavy atom. The molecule has 0 saturated heterocycles. The second-order valence-corrected chi connectivity index (χ2v) is 14.3. The van der Waals surface area contributed by atoms with E-state index in [1.807, 2.05) is 65.5 Å². The fraction of sp³-hybridized carbons (Fsp3) is 0.0323. The first-order valence-electron chi connectivity index (χ1n) is 12.0. The summed E-state index contributed by atoms with van der Waals surface area (Å²) in [6.45, 7) is -1.06. The smallest absolute Gasteiger partial charge is 0.147 e. The standard InChI is InChI=1S/C31H26N3OP.ClH/c1-36(26-16-8-3-9-17-26,27-18-10-4-11-19-27,28-20-12-5-13-21-28)30-24-31(35)34-29(32-30)22-23-33(34)25-14-6-2-7-15-25;/h2-24H,1H3;1H. The SMILES string of the molecule is CP(c1ccccc1)(c1ccccc1)(c1ccccc1)c1cc(=O)n2c(ccn2-c2ccccc2)n1.Cl. The van der Waals surface area contributed by atoms with Crippen molar-refractivity contribution in [2.75, 3.05) is 6.66 Å². The second-order valence-electron chi connectivity index (χ2n) is 9.19. The van der Waals surface area contributed by atoms with Crippen LogP contribution in [0.4, 0.5) is 0 Å². The third-order valence-corrected chi connectivity index (χ3v) is 13.4. The van der Waals surface area contributed by atoms with E-state index in [0.29, 0.717) is 5.65 Å². The molecule has 2 aromatic heterocycles. The number of halogens is 1. The zero-order chi connectivity index (χ0) is 24.6. The summed E-state index contributed by atoms with van der Waals surface area (Å²) < 4.78 is 3.49. The van der Waals surface area contributed by atoms with Crippen LogP contribution in [0, 0.1) is 0 Å². The minimum Gasteiger partial charge on any atom is -0.147 e. The molecule has 6 heteroatoms. The first-order chi connectivity index (χ1) is 17.6. The molecular formula is C31H27ClN3OP. The van der Waals surface area contributed by atoms with Crippen LogP contribution in [0.15, 0.2) is 144 Å². The number of para-hydroxylation sites is 1. The van der Waals surface area contributed by atoms with Crippen molar-refractivity contribution in [3.05, 3.63) is 150 Å². The predicted molar refractivity (Wildman–Crippen MR) is 159 cm³/mol. The molecule has 0 N–H and O–H groups in total. The maximum absolute atomic E-state index is 13.9. The summed E-state index contributed by atoms with van der Waals surface area (Å²) in [6, 6.07) is 45.1. The summed E-state index contributed by atoms with van der Waals surface area (Å²) >= 11 is 0. The summed E-state index contributed by atoms with van der Waals surface area (Å²) in [4.78, 5) is 19.1. The molecule has 0 fully saturated rings. The number of fused-ring (bicyclic) bond motifs is 1. The normalized spacial score (nSPS) is 12.4. The average Bonchev–Trinajstić information content (AvgIpc) is 3.40. The first kappa shape index (κ1) is 24.7. The van der Waals surface area contributed by atoms with Crippen LogP contribution >= 0.6 is 19.0 Å². The van der Waals surface area contributed by atoms with Gasteiger partial charge >= 0.3 is 210 Å². The maximum atomic E-state index is 13.9. The van der Waals surface area contributed by atoms with E-state index >= 15 is 0 Å². The van der Waals surface area contributed by atoms with E-state index in [4.69, 9.17) is 4.98 Å². The van der Waals surface area contributed by atoms with E-state index in [1.54, 1.807) is 10.6 Å². The third kappa shape index (κ3) is 3.64. The Hall–Kier alpha value is -3.98. The van der Waals surface area contributed by atoms with Crippen molar-refractivity contribution in [3.8, 4) is 5.69 Å². The monoisotopic (exact) mass is 523 g/mol. The summed E-state index contributed by atoms with van der Waals surface area (Å²) in [5.41, 5.74) is 2.23. The molecule has 0 saturated carbocycles. The molecule has 6 aromatic rings. The molecule has 0 spiro atoms. The van der Waals surface area contributed by atoms with Gasteiger partial charge in [-0.05, 0) is 0 Å². The van der Waals surface area contributed by atoms with E-state index < -0.39 is 6.60 Å². The Labute approximate surface area is 222 Å². The molecular weight excluding hydrogens is 497 g/mol. The van der Waals surface area contributed by atoms with Crippen LogP contribution in [0.3, 0.4) is 0 Å². The van der Waals surface area contributed by atoms with Gasteiger partial charge in [0.15, 0.2) is 0 Å². The van der Waals surface area contributed by atoms with Crippen molar-refractivity contribution >= 4 is 46.0 Å². The van der Waals surface area contributed by atoms with Gasteiger partial charge in [0, 0.05) is 0 Å². The number of benzene rings is 4. The molecule has 0 unspecified atom stereocenters. The van der Waals surface area contributed by atoms with Crippen LogP contribution in [0.1, 0.15) is 0 Å². The molecule has 0 aliphatic heterocycles. The van der Waals surface area contributed by atoms with Crippen molar-refractivity contribution in [2.45, 2.75) is 0 Å². The predicted octanol–water partition coefficient (Wildman–Crippen LogP) is 4.69. The van der Waals surface area contributed by atoms with Gasteiger partial charge in [-0.3, -0.25) is 0 Å². The molecule has 6 rings (SSSR count). The molecule has 37 heavy (non-hydrogen) atoms. The quantitative estimate of drug-likeness (QED) is 0.308. The molecule has 0 amide bonds. The maximum Gasteiger partial charge on any atom is -0.147 e. The fourth-order valence-electron chi connectivity index (χ4n) is 5.32. The van der Waals surface area contributed by atoms with Crippen LogP contribution in [-0.4, -0.2) is 20.8 Å². The number of aromatic nitrogens is 3. The van der Waals surface area contributed by atoms with Crippen molar-refractivity contribution < 1.29 is 0 Å². The number of hydrogen-bond acceptors (Lipinski definition) is 2. The Morgan fingerprint density at radius 3 is 1.51 bits per heavy atom. The van der Waals surface area contributed by atoms with E-state index in [0.717, 1.165) is 11.1 Å². The fourth-order valence-corrected chi connectivity index (χ4v) is 10.6. The minimum absolute atomic E-state index is 0. The van der Waals surface area contributed by atoms with Gasteiger partial charge < -0.3 is 0 Å². The van der Waals surface area contributed by atoms with Crippen LogP contribution in [0.5, 0.6) is 0 Å². The van der Waals surface area contributed by atoms with E-state index in [2.05, 4.69) is 79.5 Å². The van der Waals surface area contributed by atoms with Crippen LogP contribution < -0.4 is 26.9 Å². The Balaban J connectivity index is 0.00000280. The zero-order valence-electron chi connectivity index (χ0n) is 20.4. The molecule has 0 aliphatic rings. The van der Waals surface area contributed by atoms with Gasteiger partial charge in [0.1, 0.15) is 0 Å². The molecule has 0 radical (unpaired) electrons. The molecule has 2 heterocycles. The van der Waals surface area contributed by atoms with E-state index in [-0.39, 0.29) is 18.0 Å². The topological polar surface area (TPSA) is 39.3 Å². The number of hydrogen-bond donors (Lipinski definition) is 0. The van der Waals surface area contributed by atoms with Gasteiger partial charge in [-0.1, -0.05) is 0 Å². The second kappa shape index (κ2) is 9.48. The van der Waals surface area contributed by atoms with Crippen molar-refractivity contribution in [1.82, 2.24) is 14.2 Å². The molecule has 0 aliphatic carbocycles. The van der Waals surface area contributed by atoms with Crippen molar-refractivity contribution in [1.29, 1.82) is 0 Å². The van der Waals surface area contributed by atoms with Gasteiger partial charge in [0.2, 0.25) is 0 Å². The molecule has 4 aromatic carbocycles. The summed E-state index contributed by atoms with van der Waals surface area (Å²) in [5.74, 6) is 0. The largest absolute Gasteiger partial charge is 0.147 e. The van der Waals surface area contributed by atoms with Gasteiger partial charge in [0.05, 0.1) is 0 Å². The molecule has 0 atom stereocenters. The van der Waals surface area contributed by atoms with Gasteiger partial charge in [0.25, 0.3) is 0 Å². The summed E-state index contributed by atoms with van der Waals surface area (Å²) in [5, 5.41) is 3.50. The molecule has 4 nitrogen and oxygen atoms in total. The average molecular weight is 524 g/mol. The van der Waals surface area contributed by atoms with Crippen LogP contribution in [0.25, 0.3) is 11.3 Å². The summed E-state index contributed by atoms with van der Waals surface area (Å²) in [7, 11) is 0. The number of nitrogens with zero attached hydrogens (tertiary/aromatic N) is 3. The zero-order valence-corrected chi connectivity index (χ0v) is 22.1. The van der Waals surface area contributed by atoms with E-state index in [1.165, 1.54) is 15.9 Å². The van der Waals surface area contributed by atoms with Gasteiger partial charge in [-0.15, -0.1) is 12.4 Å². The molecule has 184 valence electrons. The van der Waals surface area contributed by atoms with Gasteiger partial charge in [-0.25, -0.2) is 0 Å². The third-order valence-electron chi connectivity index (χ3n) is 7.29. The molecule has 0 bridgehead atoms. The first-order valence-corrected chi connectivity index (χ1v) is 14.6. The van der Waals surface area contributed by atoms with Crippen molar-refractivity contribution in [2.24, 2.45) is 0 Å². The Morgan fingerprint density at radius 2 is 1.05 bits per heavy atom. The number of rotatable bonds is 5. The van der Waals surface area contributed by atoms with Crippen LogP contribution in [-0.2, 0) is 0 Å². The van der Waals surface area contributed by atoms with Gasteiger partial charge in [-0.2, -0.15) is 0 Å². The Bertz CT molecular complexity index is 1620. The van der Waals surface area contributed by atoms with E-state index in [9.17, 15) is 4.79 Å². The Kier molecular flexibility index (Phi) is 6.33. The van der Waals surface area contributed by atoms with Crippen molar-refractivity contribution in [3.63, 3.8) is 0 Å². The summed E-state index contributed by atoms with van der Waals surface area (Å²) in [6.07, 6.45) is 1.90. The minimum atomic E-state index is -3.38.